The van der Waals surface area contributed by atoms with Crippen molar-refractivity contribution in [3.05, 3.63) is 23.8 Å². The Morgan fingerprint density at radius 2 is 1.94 bits per heavy atom. The average Bonchev–Trinajstić information content (AvgIpc) is 2.35. The fourth-order valence-electron chi connectivity index (χ4n) is 1.74. The first-order chi connectivity index (χ1) is 7.63. The summed E-state index contributed by atoms with van der Waals surface area (Å²) in [5, 5.41) is 0. The van der Waals surface area contributed by atoms with Crippen molar-refractivity contribution in [2.45, 2.75) is 31.0 Å². The van der Waals surface area contributed by atoms with Crippen LogP contribution in [-0.4, -0.2) is 19.0 Å². The molecule has 2 unspecified atom stereocenters. The molecule has 0 radical (unpaired) electrons. The van der Waals surface area contributed by atoms with Gasteiger partial charge >= 0.3 is 0 Å². The van der Waals surface area contributed by atoms with Crippen LogP contribution in [0.15, 0.2) is 18.2 Å². The van der Waals surface area contributed by atoms with E-state index in [1.54, 1.807) is 14.2 Å². The van der Waals surface area contributed by atoms with Crippen LogP contribution in [0.1, 0.15) is 31.7 Å². The van der Waals surface area contributed by atoms with Gasteiger partial charge in [0.05, 0.1) is 14.2 Å². The monoisotopic (exact) mass is 286 g/mol. The number of rotatable bonds is 5. The Labute approximate surface area is 106 Å². The second kappa shape index (κ2) is 6.14. The fraction of sp³-hybridized carbons (Fsp3) is 0.538. The molecule has 2 atom stereocenters. The van der Waals surface area contributed by atoms with Crippen molar-refractivity contribution in [3.63, 3.8) is 0 Å². The van der Waals surface area contributed by atoms with Gasteiger partial charge in [0.1, 0.15) is 11.5 Å². The molecule has 0 saturated carbocycles. The molecule has 0 bridgehead atoms. The molecular formula is C13H19BrO2. The summed E-state index contributed by atoms with van der Waals surface area (Å²) in [5.41, 5.74) is 1.19. The third-order valence-electron chi connectivity index (χ3n) is 2.86. The minimum absolute atomic E-state index is 0.398. The third kappa shape index (κ3) is 2.91. The molecule has 0 aliphatic rings. The van der Waals surface area contributed by atoms with Gasteiger partial charge < -0.3 is 9.47 Å². The molecule has 2 nitrogen and oxygen atoms in total. The molecule has 1 aromatic rings. The Morgan fingerprint density at radius 1 is 1.25 bits per heavy atom. The van der Waals surface area contributed by atoms with Crippen LogP contribution < -0.4 is 9.47 Å². The zero-order valence-electron chi connectivity index (χ0n) is 10.3. The Balaban J connectivity index is 3.07. The molecule has 0 heterocycles. The summed E-state index contributed by atoms with van der Waals surface area (Å²) in [6.45, 7) is 4.36. The topological polar surface area (TPSA) is 18.5 Å². The van der Waals surface area contributed by atoms with Crippen molar-refractivity contribution in [2.24, 2.45) is 0 Å². The van der Waals surface area contributed by atoms with Crippen LogP contribution in [-0.2, 0) is 0 Å². The van der Waals surface area contributed by atoms with Gasteiger partial charge in [-0.3, -0.25) is 0 Å². The van der Waals surface area contributed by atoms with Gasteiger partial charge in [0.25, 0.3) is 0 Å². The van der Waals surface area contributed by atoms with Crippen molar-refractivity contribution in [1.82, 2.24) is 0 Å². The van der Waals surface area contributed by atoms with Crippen LogP contribution in [0.4, 0.5) is 0 Å². The summed E-state index contributed by atoms with van der Waals surface area (Å²) in [7, 11) is 3.38. The average molecular weight is 287 g/mol. The quantitative estimate of drug-likeness (QED) is 0.763. The molecule has 1 rings (SSSR count). The molecule has 3 heteroatoms. The molecule has 1 aromatic carbocycles. The van der Waals surface area contributed by atoms with Gasteiger partial charge in [-0.05, 0) is 30.5 Å². The van der Waals surface area contributed by atoms with Gasteiger partial charge in [-0.25, -0.2) is 0 Å². The minimum Gasteiger partial charge on any atom is -0.497 e. The highest BCUT2D eigenvalue weighted by atomic mass is 79.9. The maximum Gasteiger partial charge on any atom is 0.122 e. The smallest absolute Gasteiger partial charge is 0.122 e. The Morgan fingerprint density at radius 3 is 2.44 bits per heavy atom. The number of ether oxygens (including phenoxy) is 2. The number of alkyl halides is 1. The Hall–Kier alpha value is -0.700. The van der Waals surface area contributed by atoms with Gasteiger partial charge in [0.15, 0.2) is 0 Å². The van der Waals surface area contributed by atoms with E-state index in [0.717, 1.165) is 17.9 Å². The second-order valence-corrected chi connectivity index (χ2v) is 5.00. The van der Waals surface area contributed by atoms with Gasteiger partial charge in [-0.15, -0.1) is 0 Å². The molecule has 0 amide bonds. The van der Waals surface area contributed by atoms with Gasteiger partial charge in [0, 0.05) is 10.4 Å². The van der Waals surface area contributed by atoms with E-state index in [1.165, 1.54) is 5.56 Å². The first-order valence-corrected chi connectivity index (χ1v) is 6.41. The normalized spacial score (nSPS) is 14.3. The van der Waals surface area contributed by atoms with Crippen molar-refractivity contribution in [2.75, 3.05) is 14.2 Å². The van der Waals surface area contributed by atoms with Crippen LogP contribution in [0.3, 0.4) is 0 Å². The molecule has 0 aliphatic carbocycles. The van der Waals surface area contributed by atoms with Crippen molar-refractivity contribution in [3.8, 4) is 11.5 Å². The van der Waals surface area contributed by atoms with Gasteiger partial charge in [-0.1, -0.05) is 29.8 Å². The Kier molecular flexibility index (Phi) is 5.13. The van der Waals surface area contributed by atoms with Crippen LogP contribution in [0, 0.1) is 0 Å². The lowest BCUT2D eigenvalue weighted by Crippen LogP contribution is -2.09. The van der Waals surface area contributed by atoms with Crippen molar-refractivity contribution >= 4 is 15.9 Å². The predicted molar refractivity (Wildman–Crippen MR) is 71.0 cm³/mol. The van der Waals surface area contributed by atoms with E-state index in [4.69, 9.17) is 9.47 Å². The van der Waals surface area contributed by atoms with E-state index in [0.29, 0.717) is 10.7 Å². The molecule has 0 aliphatic heterocycles. The second-order valence-electron chi connectivity index (χ2n) is 3.82. The van der Waals surface area contributed by atoms with Crippen molar-refractivity contribution in [1.29, 1.82) is 0 Å². The van der Waals surface area contributed by atoms with E-state index < -0.39 is 0 Å². The molecule has 0 N–H and O–H groups in total. The number of halogens is 1. The minimum atomic E-state index is 0.398. The molecule has 16 heavy (non-hydrogen) atoms. The number of hydrogen-bond donors (Lipinski definition) is 0. The highest BCUT2D eigenvalue weighted by Gasteiger charge is 2.18. The van der Waals surface area contributed by atoms with Gasteiger partial charge in [0.2, 0.25) is 0 Å². The molecule has 90 valence electrons. The van der Waals surface area contributed by atoms with E-state index in [9.17, 15) is 0 Å². The summed E-state index contributed by atoms with van der Waals surface area (Å²) >= 11 is 3.69. The standard InChI is InChI=1S/C13H19BrO2/c1-5-12(14)9(2)11-8-10(15-3)6-7-13(11)16-4/h6-9,12H,5H2,1-4H3. The third-order valence-corrected chi connectivity index (χ3v) is 4.30. The SMILES string of the molecule is CCC(Br)C(C)c1cc(OC)ccc1OC. The molecular weight excluding hydrogens is 268 g/mol. The largest absolute Gasteiger partial charge is 0.497 e. The number of benzene rings is 1. The van der Waals surface area contributed by atoms with E-state index in [1.807, 2.05) is 18.2 Å². The molecule has 0 aromatic heterocycles. The van der Waals surface area contributed by atoms with Crippen molar-refractivity contribution < 1.29 is 9.47 Å². The maximum atomic E-state index is 5.38. The van der Waals surface area contributed by atoms with Crippen LogP contribution in [0.25, 0.3) is 0 Å². The summed E-state index contributed by atoms with van der Waals surface area (Å²) < 4.78 is 10.6. The fourth-order valence-corrected chi connectivity index (χ4v) is 2.03. The van der Waals surface area contributed by atoms with Gasteiger partial charge in [-0.2, -0.15) is 0 Å². The zero-order chi connectivity index (χ0) is 12.1. The maximum absolute atomic E-state index is 5.38. The lowest BCUT2D eigenvalue weighted by molar-refractivity contribution is 0.395. The van der Waals surface area contributed by atoms with E-state index in [-0.39, 0.29) is 0 Å². The van der Waals surface area contributed by atoms with Crippen LogP contribution in [0.2, 0.25) is 0 Å². The Bertz CT molecular complexity index is 339. The predicted octanol–water partition coefficient (Wildman–Crippen LogP) is 3.98. The summed E-state index contributed by atoms with van der Waals surface area (Å²) in [4.78, 5) is 0.452. The summed E-state index contributed by atoms with van der Waals surface area (Å²) in [5.74, 6) is 2.19. The molecule has 0 fully saturated rings. The summed E-state index contributed by atoms with van der Waals surface area (Å²) in [6, 6.07) is 5.93. The van der Waals surface area contributed by atoms with E-state index >= 15 is 0 Å². The lowest BCUT2D eigenvalue weighted by atomic mass is 9.95. The van der Waals surface area contributed by atoms with Crippen LogP contribution >= 0.6 is 15.9 Å². The first-order valence-electron chi connectivity index (χ1n) is 5.50. The molecule has 0 spiro atoms. The highest BCUT2D eigenvalue weighted by molar-refractivity contribution is 9.09. The number of methoxy groups -OCH3 is 2. The summed E-state index contributed by atoms with van der Waals surface area (Å²) in [6.07, 6.45) is 1.08. The van der Waals surface area contributed by atoms with Crippen LogP contribution in [0.5, 0.6) is 11.5 Å². The number of hydrogen-bond acceptors (Lipinski definition) is 2. The lowest BCUT2D eigenvalue weighted by Gasteiger charge is -2.20. The molecule has 0 saturated heterocycles. The zero-order valence-corrected chi connectivity index (χ0v) is 11.9. The van der Waals surface area contributed by atoms with E-state index in [2.05, 4.69) is 29.8 Å². The highest BCUT2D eigenvalue weighted by Crippen LogP contribution is 2.35. The first kappa shape index (κ1) is 13.4.